The second-order valence-electron chi connectivity index (χ2n) is 6.89. The van der Waals surface area contributed by atoms with Crippen molar-refractivity contribution in [3.63, 3.8) is 0 Å². The van der Waals surface area contributed by atoms with E-state index in [2.05, 4.69) is 89.8 Å². The molecule has 0 amide bonds. The Hall–Kier alpha value is -2.41. The monoisotopic (exact) mass is 331 g/mol. The summed E-state index contributed by atoms with van der Waals surface area (Å²) in [6, 6.07) is 8.45. The lowest BCUT2D eigenvalue weighted by molar-refractivity contribution is 1.000. The highest BCUT2D eigenvalue weighted by Crippen LogP contribution is 2.28. The number of benzene rings is 1. The first kappa shape index (κ1) is 18.9. The quantitative estimate of drug-likeness (QED) is 0.407. The molecule has 0 spiro atoms. The highest BCUT2D eigenvalue weighted by molar-refractivity contribution is 5.99. The second-order valence-corrected chi connectivity index (χ2v) is 6.89. The fourth-order valence-electron chi connectivity index (χ4n) is 2.89. The zero-order valence-electron chi connectivity index (χ0n) is 16.2. The molecule has 130 valence electrons. The average Bonchev–Trinajstić information content (AvgIpc) is 2.59. The molecule has 0 radical (unpaired) electrons. The van der Waals surface area contributed by atoms with Gasteiger partial charge in [0.25, 0.3) is 0 Å². The summed E-state index contributed by atoms with van der Waals surface area (Å²) in [5.41, 5.74) is 9.34. The van der Waals surface area contributed by atoms with Crippen LogP contribution in [-0.4, -0.2) is 5.71 Å². The van der Waals surface area contributed by atoms with Crippen molar-refractivity contribution in [1.82, 2.24) is 0 Å². The minimum absolute atomic E-state index is 1.02. The zero-order chi connectivity index (χ0) is 18.4. The largest absolute Gasteiger partial charge is 0.254 e. The van der Waals surface area contributed by atoms with Crippen LogP contribution in [0.15, 0.2) is 82.6 Å². The van der Waals surface area contributed by atoms with Crippen molar-refractivity contribution in [2.24, 2.45) is 4.99 Å². The van der Waals surface area contributed by atoms with Crippen LogP contribution in [0.2, 0.25) is 0 Å². The van der Waals surface area contributed by atoms with Gasteiger partial charge in [-0.3, -0.25) is 4.99 Å². The third kappa shape index (κ3) is 5.03. The van der Waals surface area contributed by atoms with Gasteiger partial charge >= 0.3 is 0 Å². The van der Waals surface area contributed by atoms with Crippen molar-refractivity contribution < 1.29 is 0 Å². The molecule has 0 aromatic heterocycles. The molecular formula is C24H29N. The van der Waals surface area contributed by atoms with Crippen molar-refractivity contribution in [3.8, 4) is 0 Å². The number of allylic oxidation sites excluding steroid dienone is 8. The summed E-state index contributed by atoms with van der Waals surface area (Å²) in [7, 11) is 0. The number of aliphatic imine (C=N–C) groups is 1. The third-order valence-corrected chi connectivity index (χ3v) is 4.46. The summed E-state index contributed by atoms with van der Waals surface area (Å²) < 4.78 is 0. The Labute approximate surface area is 152 Å². The van der Waals surface area contributed by atoms with E-state index in [4.69, 9.17) is 4.99 Å². The van der Waals surface area contributed by atoms with Crippen molar-refractivity contribution in [3.05, 3.63) is 88.7 Å². The van der Waals surface area contributed by atoms with Gasteiger partial charge in [0.15, 0.2) is 0 Å². The Morgan fingerprint density at radius 1 is 1.12 bits per heavy atom. The molecule has 2 rings (SSSR count). The molecule has 1 heteroatoms. The molecule has 1 nitrogen and oxygen atoms in total. The van der Waals surface area contributed by atoms with Crippen LogP contribution in [0.5, 0.6) is 0 Å². The van der Waals surface area contributed by atoms with Gasteiger partial charge in [-0.05, 0) is 75.8 Å². The molecule has 0 heterocycles. The Morgan fingerprint density at radius 2 is 1.84 bits per heavy atom. The van der Waals surface area contributed by atoms with Crippen molar-refractivity contribution in [2.45, 2.75) is 47.5 Å². The minimum atomic E-state index is 1.02. The van der Waals surface area contributed by atoms with Gasteiger partial charge in [-0.15, -0.1) is 0 Å². The fraction of sp³-hybridized carbons (Fsp3) is 0.292. The van der Waals surface area contributed by atoms with E-state index in [1.54, 1.807) is 0 Å². The molecule has 0 N–H and O–H groups in total. The molecule has 1 aromatic carbocycles. The van der Waals surface area contributed by atoms with Crippen LogP contribution in [0.1, 0.15) is 51.7 Å². The second kappa shape index (κ2) is 8.62. The third-order valence-electron chi connectivity index (χ3n) is 4.46. The van der Waals surface area contributed by atoms with Gasteiger partial charge in [0.1, 0.15) is 0 Å². The lowest BCUT2D eigenvalue weighted by Crippen LogP contribution is -2.01. The normalized spacial score (nSPS) is 15.0. The van der Waals surface area contributed by atoms with Crippen LogP contribution >= 0.6 is 0 Å². The molecule has 1 aliphatic rings. The van der Waals surface area contributed by atoms with Gasteiger partial charge in [0.05, 0.1) is 5.70 Å². The Morgan fingerprint density at radius 3 is 2.40 bits per heavy atom. The SMILES string of the molecule is C=C(C)C(=CC(N=C(C)C1=CC=CCC1)=C(C)C)c1ccccc1C. The van der Waals surface area contributed by atoms with Gasteiger partial charge in [0.2, 0.25) is 0 Å². The van der Waals surface area contributed by atoms with Crippen molar-refractivity contribution >= 4 is 11.3 Å². The van der Waals surface area contributed by atoms with Gasteiger partial charge in [0, 0.05) is 5.71 Å². The van der Waals surface area contributed by atoms with E-state index in [0.717, 1.165) is 35.4 Å². The number of hydrogen-bond acceptors (Lipinski definition) is 1. The van der Waals surface area contributed by atoms with E-state index in [9.17, 15) is 0 Å². The first-order chi connectivity index (χ1) is 11.9. The van der Waals surface area contributed by atoms with Crippen molar-refractivity contribution in [1.29, 1.82) is 0 Å². The van der Waals surface area contributed by atoms with E-state index in [1.807, 2.05) is 0 Å². The summed E-state index contributed by atoms with van der Waals surface area (Å²) in [6.45, 7) is 14.7. The maximum atomic E-state index is 4.95. The highest BCUT2D eigenvalue weighted by atomic mass is 14.8. The summed E-state index contributed by atoms with van der Waals surface area (Å²) in [5, 5.41) is 0. The molecule has 0 atom stereocenters. The van der Waals surface area contributed by atoms with Gasteiger partial charge in [-0.2, -0.15) is 0 Å². The number of hydrogen-bond donors (Lipinski definition) is 0. The molecule has 0 bridgehead atoms. The van der Waals surface area contributed by atoms with Crippen LogP contribution in [0.4, 0.5) is 0 Å². The summed E-state index contributed by atoms with van der Waals surface area (Å²) >= 11 is 0. The molecule has 1 aromatic rings. The predicted octanol–water partition coefficient (Wildman–Crippen LogP) is 6.99. The maximum absolute atomic E-state index is 4.95. The van der Waals surface area contributed by atoms with Crippen LogP contribution in [0.25, 0.3) is 5.57 Å². The van der Waals surface area contributed by atoms with E-state index in [1.165, 1.54) is 22.3 Å². The fourth-order valence-corrected chi connectivity index (χ4v) is 2.89. The topological polar surface area (TPSA) is 12.4 Å². The van der Waals surface area contributed by atoms with Crippen LogP contribution in [-0.2, 0) is 0 Å². The van der Waals surface area contributed by atoms with Crippen LogP contribution in [0, 0.1) is 6.92 Å². The van der Waals surface area contributed by atoms with Crippen LogP contribution < -0.4 is 0 Å². The van der Waals surface area contributed by atoms with E-state index in [-0.39, 0.29) is 0 Å². The Kier molecular flexibility index (Phi) is 6.52. The summed E-state index contributed by atoms with van der Waals surface area (Å²) in [6.07, 6.45) is 10.9. The first-order valence-electron chi connectivity index (χ1n) is 8.92. The molecule has 0 saturated carbocycles. The van der Waals surface area contributed by atoms with E-state index < -0.39 is 0 Å². The van der Waals surface area contributed by atoms with Gasteiger partial charge < -0.3 is 0 Å². The molecule has 0 fully saturated rings. The van der Waals surface area contributed by atoms with Crippen molar-refractivity contribution in [2.75, 3.05) is 0 Å². The lowest BCUT2D eigenvalue weighted by Gasteiger charge is -2.13. The lowest BCUT2D eigenvalue weighted by atomic mass is 9.94. The number of nitrogens with zero attached hydrogens (tertiary/aromatic N) is 1. The molecule has 25 heavy (non-hydrogen) atoms. The number of rotatable bonds is 5. The zero-order valence-corrected chi connectivity index (χ0v) is 16.2. The Bertz CT molecular complexity index is 806. The highest BCUT2D eigenvalue weighted by Gasteiger charge is 2.09. The minimum Gasteiger partial charge on any atom is -0.254 e. The molecule has 0 aliphatic heterocycles. The predicted molar refractivity (Wildman–Crippen MR) is 112 cm³/mol. The molecular weight excluding hydrogens is 302 g/mol. The van der Waals surface area contributed by atoms with Gasteiger partial charge in [-0.1, -0.05) is 60.2 Å². The summed E-state index contributed by atoms with van der Waals surface area (Å²) in [5.74, 6) is 0. The standard InChI is InChI=1S/C24H29N/c1-17(2)23(22-15-11-10-12-19(22)5)16-24(18(3)4)25-20(6)21-13-8-7-9-14-21/h7-8,10-13,15-16H,1,9,14H2,2-6H3. The van der Waals surface area contributed by atoms with E-state index >= 15 is 0 Å². The summed E-state index contributed by atoms with van der Waals surface area (Å²) in [4.78, 5) is 4.95. The van der Waals surface area contributed by atoms with E-state index in [0.29, 0.717) is 0 Å². The Balaban J connectivity index is 2.49. The average molecular weight is 332 g/mol. The molecule has 0 unspecified atom stereocenters. The number of aryl methyl sites for hydroxylation is 1. The molecule has 0 saturated heterocycles. The van der Waals surface area contributed by atoms with Gasteiger partial charge in [-0.25, -0.2) is 0 Å². The van der Waals surface area contributed by atoms with Crippen LogP contribution in [0.3, 0.4) is 0 Å². The maximum Gasteiger partial charge on any atom is 0.0625 e. The first-order valence-corrected chi connectivity index (χ1v) is 8.92. The smallest absolute Gasteiger partial charge is 0.0625 e. The molecule has 1 aliphatic carbocycles.